The fourth-order valence-electron chi connectivity index (χ4n) is 3.25. The van der Waals surface area contributed by atoms with Gasteiger partial charge in [-0.2, -0.15) is 0 Å². The molecule has 1 N–H and O–H groups in total. The van der Waals surface area contributed by atoms with E-state index in [1.165, 1.54) is 18.2 Å². The van der Waals surface area contributed by atoms with Crippen molar-refractivity contribution >= 4 is 15.6 Å². The van der Waals surface area contributed by atoms with Gasteiger partial charge in [-0.1, -0.05) is 35.2 Å². The second-order valence-electron chi connectivity index (χ2n) is 8.09. The van der Waals surface area contributed by atoms with E-state index in [0.717, 1.165) is 6.42 Å². The Morgan fingerprint density at radius 1 is 0.892 bits per heavy atom. The summed E-state index contributed by atoms with van der Waals surface area (Å²) in [5, 5.41) is 16.9. The number of ether oxygens (including phenoxy) is 3. The molecule has 14 heteroatoms. The number of hydrogen-bond acceptors (Lipinski definition) is 9. The maximum absolute atomic E-state index is 12.7. The summed E-state index contributed by atoms with van der Waals surface area (Å²) in [6.45, 7) is 2.92. The number of carbonyl (C=O) groups excluding carboxylic acids is 1. The molecule has 0 aliphatic carbocycles. The first-order valence-corrected chi connectivity index (χ1v) is 13.8. The highest BCUT2D eigenvalue weighted by Gasteiger charge is 2.21. The Balaban J connectivity index is 2.28. The summed E-state index contributed by atoms with van der Waals surface area (Å²) in [5.41, 5.74) is 16.7. The zero-order chi connectivity index (χ0) is 27.2. The largest absolute Gasteiger partial charge is 0.392 e. The van der Waals surface area contributed by atoms with E-state index in [0.29, 0.717) is 77.4 Å². The molecule has 0 saturated carbocycles. The maximum Gasteiger partial charge on any atom is 0.180 e. The topological polar surface area (TPSA) is 197 Å². The number of unbranched alkanes of at least 4 members (excludes halogenated alkanes) is 2. The zero-order valence-electron chi connectivity index (χ0n) is 21.0. The van der Waals surface area contributed by atoms with Gasteiger partial charge in [-0.05, 0) is 42.5 Å². The SMILES string of the molecule is [N-]=[N+]=NCCCCCC(O)CS(=O)(=O)c1cccc(C(=O)CCCOCCOCCOCCN=[N+]=[N-])c1. The van der Waals surface area contributed by atoms with Gasteiger partial charge in [0, 0.05) is 41.5 Å². The number of carbonyl (C=O) groups is 1. The van der Waals surface area contributed by atoms with E-state index < -0.39 is 21.7 Å². The highest BCUT2D eigenvalue weighted by Crippen LogP contribution is 2.17. The van der Waals surface area contributed by atoms with E-state index in [4.69, 9.17) is 25.3 Å². The lowest BCUT2D eigenvalue weighted by molar-refractivity contribution is 0.0154. The van der Waals surface area contributed by atoms with Gasteiger partial charge in [0.05, 0.1) is 49.8 Å². The molecule has 0 aliphatic heterocycles. The molecule has 0 bridgehead atoms. The fraction of sp³-hybridized carbons (Fsp3) is 0.696. The van der Waals surface area contributed by atoms with Gasteiger partial charge < -0.3 is 19.3 Å². The standard InChI is InChI=1S/C23H36N6O7S/c24-28-26-10-3-1-2-7-21(30)19-37(32,33)22-8-4-6-20(18-22)23(31)9-5-12-34-14-16-36-17-15-35-13-11-27-29-25/h4,6,8,18,21,30H,1-3,5,7,9-17,19H2. The van der Waals surface area contributed by atoms with Crippen LogP contribution < -0.4 is 0 Å². The van der Waals surface area contributed by atoms with Gasteiger partial charge in [0.25, 0.3) is 0 Å². The van der Waals surface area contributed by atoms with Crippen molar-refractivity contribution in [1.82, 2.24) is 0 Å². The molecule has 0 radical (unpaired) electrons. The molecule has 37 heavy (non-hydrogen) atoms. The number of aliphatic hydroxyl groups excluding tert-OH is 1. The molecule has 0 fully saturated rings. The molecule has 0 aromatic heterocycles. The highest BCUT2D eigenvalue weighted by atomic mass is 32.2. The molecular weight excluding hydrogens is 504 g/mol. The zero-order valence-corrected chi connectivity index (χ0v) is 21.8. The van der Waals surface area contributed by atoms with Crippen LogP contribution in [-0.2, 0) is 24.0 Å². The quantitative estimate of drug-likeness (QED) is 0.0710. The van der Waals surface area contributed by atoms with Crippen molar-refractivity contribution in [2.45, 2.75) is 49.5 Å². The number of azide groups is 2. The van der Waals surface area contributed by atoms with Crippen LogP contribution in [0.25, 0.3) is 20.9 Å². The summed E-state index contributed by atoms with van der Waals surface area (Å²) in [6.07, 6.45) is 2.04. The molecule has 0 amide bonds. The van der Waals surface area contributed by atoms with Crippen molar-refractivity contribution in [1.29, 1.82) is 0 Å². The van der Waals surface area contributed by atoms with Crippen LogP contribution in [0, 0.1) is 0 Å². The average Bonchev–Trinajstić information content (AvgIpc) is 2.88. The predicted molar refractivity (Wildman–Crippen MR) is 137 cm³/mol. The van der Waals surface area contributed by atoms with E-state index >= 15 is 0 Å². The molecule has 1 atom stereocenters. The van der Waals surface area contributed by atoms with Gasteiger partial charge in [-0.25, -0.2) is 8.42 Å². The molecule has 0 aliphatic rings. The third-order valence-corrected chi connectivity index (χ3v) is 6.92. The summed E-state index contributed by atoms with van der Waals surface area (Å²) < 4.78 is 41.4. The number of rotatable bonds is 23. The van der Waals surface area contributed by atoms with Crippen LogP contribution in [0.5, 0.6) is 0 Å². The number of sulfone groups is 1. The Hall–Kier alpha value is -2.70. The predicted octanol–water partition coefficient (Wildman–Crippen LogP) is 4.01. The molecule has 0 saturated heterocycles. The van der Waals surface area contributed by atoms with Gasteiger partial charge in [-0.15, -0.1) is 0 Å². The minimum Gasteiger partial charge on any atom is -0.392 e. The van der Waals surface area contributed by atoms with E-state index in [1.54, 1.807) is 6.07 Å². The van der Waals surface area contributed by atoms with E-state index in [9.17, 15) is 18.3 Å². The number of hydrogen-bond donors (Lipinski definition) is 1. The first-order chi connectivity index (χ1) is 17.9. The van der Waals surface area contributed by atoms with Crippen LogP contribution in [0.1, 0.15) is 48.9 Å². The highest BCUT2D eigenvalue weighted by molar-refractivity contribution is 7.91. The Morgan fingerprint density at radius 3 is 2.24 bits per heavy atom. The number of nitrogens with zero attached hydrogens (tertiary/aromatic N) is 6. The lowest BCUT2D eigenvalue weighted by Gasteiger charge is -2.12. The van der Waals surface area contributed by atoms with Crippen molar-refractivity contribution < 1.29 is 32.5 Å². The minimum absolute atomic E-state index is 0.0101. The number of aliphatic hydroxyl groups is 1. The average molecular weight is 541 g/mol. The molecule has 206 valence electrons. The van der Waals surface area contributed by atoms with E-state index in [-0.39, 0.29) is 23.6 Å². The third-order valence-electron chi connectivity index (χ3n) is 5.12. The monoisotopic (exact) mass is 540 g/mol. The molecule has 1 rings (SSSR count). The fourth-order valence-corrected chi connectivity index (χ4v) is 4.71. The summed E-state index contributed by atoms with van der Waals surface area (Å²) >= 11 is 0. The van der Waals surface area contributed by atoms with Gasteiger partial charge in [0.15, 0.2) is 15.6 Å². The van der Waals surface area contributed by atoms with Crippen LogP contribution in [0.3, 0.4) is 0 Å². The van der Waals surface area contributed by atoms with Crippen molar-refractivity contribution in [3.63, 3.8) is 0 Å². The summed E-state index contributed by atoms with van der Waals surface area (Å²) in [5.74, 6) is -0.603. The minimum atomic E-state index is -3.75. The Labute approximate surface area is 217 Å². The summed E-state index contributed by atoms with van der Waals surface area (Å²) in [6, 6.07) is 5.88. The molecule has 0 heterocycles. The van der Waals surface area contributed by atoms with Gasteiger partial charge in [0.2, 0.25) is 0 Å². The smallest absolute Gasteiger partial charge is 0.180 e. The first kappa shape index (κ1) is 32.3. The van der Waals surface area contributed by atoms with Gasteiger partial charge >= 0.3 is 0 Å². The molecule has 13 nitrogen and oxygen atoms in total. The van der Waals surface area contributed by atoms with E-state index in [1.807, 2.05) is 0 Å². The molecule has 1 aromatic rings. The van der Waals surface area contributed by atoms with Crippen LogP contribution in [0.15, 0.2) is 39.4 Å². The Bertz CT molecular complexity index is 995. The van der Waals surface area contributed by atoms with Gasteiger partial charge in [0.1, 0.15) is 0 Å². The molecular formula is C23H36N6O7S. The third kappa shape index (κ3) is 15.9. The normalized spacial score (nSPS) is 11.9. The van der Waals surface area contributed by atoms with E-state index in [2.05, 4.69) is 20.1 Å². The van der Waals surface area contributed by atoms with Crippen LogP contribution >= 0.6 is 0 Å². The van der Waals surface area contributed by atoms with Crippen LogP contribution in [-0.4, -0.2) is 83.9 Å². The number of ketones is 1. The Kier molecular flexibility index (Phi) is 17.8. The Morgan fingerprint density at radius 2 is 1.54 bits per heavy atom. The van der Waals surface area contributed by atoms with Crippen molar-refractivity contribution in [3.05, 3.63) is 50.7 Å². The second kappa shape index (κ2) is 20.4. The van der Waals surface area contributed by atoms with Crippen molar-refractivity contribution in [2.75, 3.05) is 58.5 Å². The lowest BCUT2D eigenvalue weighted by atomic mass is 10.1. The molecule has 1 aromatic carbocycles. The number of Topliss-reactive ketones (excluding diaryl/α,β-unsaturated/α-hetero) is 1. The first-order valence-electron chi connectivity index (χ1n) is 12.2. The van der Waals surface area contributed by atoms with Crippen molar-refractivity contribution in [3.8, 4) is 0 Å². The maximum atomic E-state index is 12.7. The summed E-state index contributed by atoms with van der Waals surface area (Å²) in [4.78, 5) is 17.8. The van der Waals surface area contributed by atoms with Gasteiger partial charge in [-0.3, -0.25) is 4.79 Å². The second-order valence-corrected chi connectivity index (χ2v) is 10.1. The molecule has 1 unspecified atom stereocenters. The van der Waals surface area contributed by atoms with Crippen LogP contribution in [0.4, 0.5) is 0 Å². The summed E-state index contributed by atoms with van der Waals surface area (Å²) in [7, 11) is -3.75. The van der Waals surface area contributed by atoms with Crippen LogP contribution in [0.2, 0.25) is 0 Å². The lowest BCUT2D eigenvalue weighted by Crippen LogP contribution is -2.21. The molecule has 0 spiro atoms. The van der Waals surface area contributed by atoms with Crippen molar-refractivity contribution in [2.24, 2.45) is 10.2 Å². The number of benzene rings is 1.